The first-order valence-electron chi connectivity index (χ1n) is 7.21. The molecule has 118 valence electrons. The number of carbonyl (C=O) groups is 1. The summed E-state index contributed by atoms with van der Waals surface area (Å²) in [7, 11) is 0. The molecule has 1 N–H and O–H groups in total. The van der Waals surface area contributed by atoms with Crippen LogP contribution in [0.5, 0.6) is 0 Å². The Morgan fingerprint density at radius 2 is 1.91 bits per heavy atom. The Balaban J connectivity index is 1.83. The van der Waals surface area contributed by atoms with Gasteiger partial charge < -0.3 is 5.32 Å². The molecule has 0 bridgehead atoms. The highest BCUT2D eigenvalue weighted by Crippen LogP contribution is 2.16. The van der Waals surface area contributed by atoms with Crippen LogP contribution in [0, 0.1) is 13.8 Å². The predicted molar refractivity (Wildman–Crippen MR) is 87.6 cm³/mol. The number of amides is 1. The van der Waals surface area contributed by atoms with E-state index in [2.05, 4.69) is 20.4 Å². The number of hydrogen-bond acceptors (Lipinski definition) is 4. The summed E-state index contributed by atoms with van der Waals surface area (Å²) in [6, 6.07) is 9.04. The Hall–Kier alpha value is -2.47. The lowest BCUT2D eigenvalue weighted by Gasteiger charge is -2.12. The first-order valence-corrected chi connectivity index (χ1v) is 7.59. The molecule has 0 saturated heterocycles. The van der Waals surface area contributed by atoms with Gasteiger partial charge in [0, 0.05) is 16.4 Å². The highest BCUT2D eigenvalue weighted by atomic mass is 35.5. The monoisotopic (exact) mass is 329 g/mol. The normalized spacial score (nSPS) is 12.3. The second-order valence-corrected chi connectivity index (χ2v) is 5.87. The number of halogens is 1. The van der Waals surface area contributed by atoms with Crippen LogP contribution in [0.3, 0.4) is 0 Å². The van der Waals surface area contributed by atoms with E-state index in [1.807, 2.05) is 39.0 Å². The number of fused-ring (bicyclic) bond motifs is 1. The molecule has 7 heteroatoms. The minimum absolute atomic E-state index is 0.104. The molecule has 2 aromatic heterocycles. The van der Waals surface area contributed by atoms with E-state index in [0.717, 1.165) is 17.0 Å². The van der Waals surface area contributed by atoms with Gasteiger partial charge in [-0.05, 0) is 44.5 Å². The van der Waals surface area contributed by atoms with Gasteiger partial charge in [0.05, 0.1) is 6.04 Å². The van der Waals surface area contributed by atoms with E-state index in [9.17, 15) is 4.79 Å². The van der Waals surface area contributed by atoms with Crippen molar-refractivity contribution in [3.05, 3.63) is 58.1 Å². The van der Waals surface area contributed by atoms with E-state index < -0.39 is 0 Å². The molecule has 3 aromatic rings. The van der Waals surface area contributed by atoms with Gasteiger partial charge in [-0.15, -0.1) is 5.10 Å². The standard InChI is InChI=1S/C16H16ClN5O/c1-9-8-10(2)22-16(18-9)20-14(21-22)15(23)19-11(3)12-4-6-13(17)7-5-12/h4-8,11H,1-3H3,(H,19,23). The Morgan fingerprint density at radius 1 is 1.22 bits per heavy atom. The zero-order valence-corrected chi connectivity index (χ0v) is 13.8. The smallest absolute Gasteiger partial charge is 0.291 e. The number of nitrogens with one attached hydrogen (secondary N) is 1. The van der Waals surface area contributed by atoms with Gasteiger partial charge in [-0.1, -0.05) is 23.7 Å². The summed E-state index contributed by atoms with van der Waals surface area (Å²) in [4.78, 5) is 20.8. The molecular formula is C16H16ClN5O. The highest BCUT2D eigenvalue weighted by Gasteiger charge is 2.17. The first kappa shape index (κ1) is 15.4. The van der Waals surface area contributed by atoms with Gasteiger partial charge in [0.2, 0.25) is 5.82 Å². The quantitative estimate of drug-likeness (QED) is 0.802. The summed E-state index contributed by atoms with van der Waals surface area (Å²) in [5.74, 6) is 0.189. The van der Waals surface area contributed by atoms with E-state index in [4.69, 9.17) is 11.6 Å². The molecule has 1 amide bonds. The Kier molecular flexibility index (Phi) is 4.00. The summed E-state index contributed by atoms with van der Waals surface area (Å²) < 4.78 is 1.56. The Labute approximate surface area is 138 Å². The lowest BCUT2D eigenvalue weighted by Crippen LogP contribution is -2.27. The molecule has 1 unspecified atom stereocenters. The van der Waals surface area contributed by atoms with Crippen LogP contribution < -0.4 is 5.32 Å². The van der Waals surface area contributed by atoms with Crippen molar-refractivity contribution in [1.29, 1.82) is 0 Å². The molecule has 3 rings (SSSR count). The maximum atomic E-state index is 12.4. The van der Waals surface area contributed by atoms with Crippen molar-refractivity contribution in [2.75, 3.05) is 0 Å². The van der Waals surface area contributed by atoms with Crippen molar-refractivity contribution < 1.29 is 4.79 Å². The van der Waals surface area contributed by atoms with Crippen molar-refractivity contribution in [2.45, 2.75) is 26.8 Å². The summed E-state index contributed by atoms with van der Waals surface area (Å²) in [5.41, 5.74) is 2.67. The topological polar surface area (TPSA) is 72.2 Å². The fraction of sp³-hybridized carbons (Fsp3) is 0.250. The lowest BCUT2D eigenvalue weighted by atomic mass is 10.1. The second kappa shape index (κ2) is 5.96. The summed E-state index contributed by atoms with van der Waals surface area (Å²) in [6.45, 7) is 5.67. The van der Waals surface area contributed by atoms with Crippen LogP contribution in [0.2, 0.25) is 5.02 Å². The van der Waals surface area contributed by atoms with E-state index in [1.165, 1.54) is 0 Å². The van der Waals surface area contributed by atoms with Crippen LogP contribution in [0.15, 0.2) is 30.3 Å². The van der Waals surface area contributed by atoms with Gasteiger partial charge in [-0.2, -0.15) is 4.98 Å². The fourth-order valence-electron chi connectivity index (χ4n) is 2.36. The van der Waals surface area contributed by atoms with Crippen LogP contribution in [0.4, 0.5) is 0 Å². The number of hydrogen-bond donors (Lipinski definition) is 1. The molecule has 0 aliphatic heterocycles. The van der Waals surface area contributed by atoms with Crippen LogP contribution in [-0.4, -0.2) is 25.5 Å². The molecule has 1 atom stereocenters. The molecule has 23 heavy (non-hydrogen) atoms. The van der Waals surface area contributed by atoms with Gasteiger partial charge in [-0.3, -0.25) is 4.79 Å². The van der Waals surface area contributed by atoms with Gasteiger partial charge in [0.1, 0.15) is 0 Å². The number of carbonyl (C=O) groups excluding carboxylic acids is 1. The van der Waals surface area contributed by atoms with E-state index in [0.29, 0.717) is 10.8 Å². The largest absolute Gasteiger partial charge is 0.343 e. The average molecular weight is 330 g/mol. The summed E-state index contributed by atoms with van der Waals surface area (Å²) >= 11 is 5.87. The third-order valence-corrected chi connectivity index (χ3v) is 3.79. The number of nitrogens with zero attached hydrogens (tertiary/aromatic N) is 4. The first-order chi connectivity index (χ1) is 10.9. The van der Waals surface area contributed by atoms with E-state index >= 15 is 0 Å². The molecule has 0 saturated carbocycles. The van der Waals surface area contributed by atoms with E-state index in [1.54, 1.807) is 16.6 Å². The SMILES string of the molecule is Cc1cc(C)n2nc(C(=O)NC(C)c3ccc(Cl)cc3)nc2n1. The molecule has 0 aliphatic carbocycles. The van der Waals surface area contributed by atoms with Crippen LogP contribution >= 0.6 is 11.6 Å². The molecular weight excluding hydrogens is 314 g/mol. The summed E-state index contributed by atoms with van der Waals surface area (Å²) in [5, 5.41) is 7.76. The van der Waals surface area contributed by atoms with Crippen molar-refractivity contribution >= 4 is 23.3 Å². The van der Waals surface area contributed by atoms with Crippen LogP contribution in [0.25, 0.3) is 5.78 Å². The maximum Gasteiger partial charge on any atom is 0.291 e. The van der Waals surface area contributed by atoms with Crippen molar-refractivity contribution in [3.8, 4) is 0 Å². The van der Waals surface area contributed by atoms with Gasteiger partial charge in [0.15, 0.2) is 0 Å². The number of benzene rings is 1. The van der Waals surface area contributed by atoms with Gasteiger partial charge >= 0.3 is 0 Å². The Morgan fingerprint density at radius 3 is 2.61 bits per heavy atom. The van der Waals surface area contributed by atoms with Crippen LogP contribution in [-0.2, 0) is 0 Å². The fourth-order valence-corrected chi connectivity index (χ4v) is 2.48. The predicted octanol–water partition coefficient (Wildman–Crippen LogP) is 2.89. The minimum atomic E-state index is -0.338. The maximum absolute atomic E-state index is 12.4. The molecule has 0 spiro atoms. The number of aromatic nitrogens is 4. The molecule has 2 heterocycles. The third kappa shape index (κ3) is 3.17. The summed E-state index contributed by atoms with van der Waals surface area (Å²) in [6.07, 6.45) is 0. The molecule has 6 nitrogen and oxygen atoms in total. The van der Waals surface area contributed by atoms with Crippen molar-refractivity contribution in [3.63, 3.8) is 0 Å². The zero-order valence-electron chi connectivity index (χ0n) is 13.0. The number of rotatable bonds is 3. The van der Waals surface area contributed by atoms with E-state index in [-0.39, 0.29) is 17.8 Å². The molecule has 0 aliphatic rings. The van der Waals surface area contributed by atoms with Crippen molar-refractivity contribution in [2.24, 2.45) is 0 Å². The van der Waals surface area contributed by atoms with Gasteiger partial charge in [-0.25, -0.2) is 9.50 Å². The zero-order chi connectivity index (χ0) is 16.6. The average Bonchev–Trinajstić information content (AvgIpc) is 2.92. The minimum Gasteiger partial charge on any atom is -0.343 e. The second-order valence-electron chi connectivity index (χ2n) is 5.43. The van der Waals surface area contributed by atoms with Crippen LogP contribution in [0.1, 0.15) is 40.5 Å². The lowest BCUT2D eigenvalue weighted by molar-refractivity contribution is 0.0929. The third-order valence-electron chi connectivity index (χ3n) is 3.54. The highest BCUT2D eigenvalue weighted by molar-refractivity contribution is 6.30. The molecule has 0 fully saturated rings. The number of aryl methyl sites for hydroxylation is 2. The molecule has 0 radical (unpaired) electrons. The Bertz CT molecular complexity index is 872. The van der Waals surface area contributed by atoms with Gasteiger partial charge in [0.25, 0.3) is 11.7 Å². The van der Waals surface area contributed by atoms with Crippen molar-refractivity contribution in [1.82, 2.24) is 24.9 Å². The molecule has 1 aromatic carbocycles.